The first-order valence-electron chi connectivity index (χ1n) is 9.87. The number of hydrogen-bond donors (Lipinski definition) is 2. The van der Waals surface area contributed by atoms with Crippen LogP contribution in [-0.4, -0.2) is 50.5 Å². The van der Waals surface area contributed by atoms with Gasteiger partial charge in [0.25, 0.3) is 0 Å². The van der Waals surface area contributed by atoms with Crippen LogP contribution in [0.4, 0.5) is 0 Å². The zero-order valence-electron chi connectivity index (χ0n) is 16.5. The number of fused-ring (bicyclic) bond motifs is 1. The molecule has 1 fully saturated rings. The monoisotopic (exact) mass is 498 g/mol. The summed E-state index contributed by atoms with van der Waals surface area (Å²) in [4.78, 5) is 9.13. The minimum absolute atomic E-state index is 0. The zero-order valence-corrected chi connectivity index (χ0v) is 18.9. The molecule has 2 heterocycles. The molecule has 1 aliphatic heterocycles. The minimum atomic E-state index is 0. The summed E-state index contributed by atoms with van der Waals surface area (Å²) < 4.78 is 11.1. The maximum Gasteiger partial charge on any atom is 0.191 e. The lowest BCUT2D eigenvalue weighted by Gasteiger charge is -2.12. The van der Waals surface area contributed by atoms with Gasteiger partial charge in [-0.05, 0) is 37.5 Å². The molecule has 1 atom stereocenters. The fourth-order valence-corrected chi connectivity index (χ4v) is 3.14. The molecule has 1 aromatic carbocycles. The molecule has 2 N–H and O–H groups in total. The van der Waals surface area contributed by atoms with Crippen LogP contribution in [0.25, 0.3) is 10.9 Å². The Morgan fingerprint density at radius 2 is 2.18 bits per heavy atom. The Hall–Kier alpha value is -1.45. The van der Waals surface area contributed by atoms with E-state index in [1.807, 2.05) is 30.5 Å². The van der Waals surface area contributed by atoms with Gasteiger partial charge >= 0.3 is 0 Å². The maximum absolute atomic E-state index is 5.75. The van der Waals surface area contributed by atoms with E-state index in [2.05, 4.69) is 28.6 Å². The summed E-state index contributed by atoms with van der Waals surface area (Å²) in [6.45, 7) is 7.67. The zero-order chi connectivity index (χ0) is 18.7. The van der Waals surface area contributed by atoms with Crippen molar-refractivity contribution in [3.05, 3.63) is 42.1 Å². The predicted octanol–water partition coefficient (Wildman–Crippen LogP) is 3.35. The van der Waals surface area contributed by atoms with Crippen LogP contribution in [0.1, 0.15) is 25.3 Å². The Kier molecular flexibility index (Phi) is 10.5. The third-order valence-electron chi connectivity index (χ3n) is 4.63. The Morgan fingerprint density at radius 1 is 1.29 bits per heavy atom. The fourth-order valence-electron chi connectivity index (χ4n) is 3.14. The number of aliphatic imine (C=N–C) groups is 1. The molecule has 1 unspecified atom stereocenters. The normalized spacial score (nSPS) is 16.8. The number of nitrogens with zero attached hydrogens (tertiary/aromatic N) is 2. The molecule has 1 aliphatic rings. The summed E-state index contributed by atoms with van der Waals surface area (Å²) in [5, 5.41) is 7.84. The molecule has 6 nitrogen and oxygen atoms in total. The second-order valence-corrected chi connectivity index (χ2v) is 6.77. The van der Waals surface area contributed by atoms with Crippen LogP contribution in [0, 0.1) is 5.92 Å². The number of pyridine rings is 1. The number of nitrogens with one attached hydrogen (secondary N) is 2. The molecular weight excluding hydrogens is 467 g/mol. The van der Waals surface area contributed by atoms with Crippen molar-refractivity contribution in [3.8, 4) is 0 Å². The Bertz CT molecular complexity index is 730. The van der Waals surface area contributed by atoms with E-state index in [1.54, 1.807) is 0 Å². The molecular formula is C21H31IN4O2. The number of para-hydroxylation sites is 1. The first-order chi connectivity index (χ1) is 13.4. The molecule has 7 heteroatoms. The summed E-state index contributed by atoms with van der Waals surface area (Å²) in [5.41, 5.74) is 2.19. The number of benzene rings is 1. The smallest absolute Gasteiger partial charge is 0.191 e. The number of aromatic nitrogens is 1. The van der Waals surface area contributed by atoms with Crippen LogP contribution in [-0.2, 0) is 16.0 Å². The third-order valence-corrected chi connectivity index (χ3v) is 4.63. The van der Waals surface area contributed by atoms with Crippen LogP contribution < -0.4 is 10.6 Å². The number of ether oxygens (including phenoxy) is 2. The van der Waals surface area contributed by atoms with E-state index in [4.69, 9.17) is 14.5 Å². The molecule has 3 rings (SSSR count). The summed E-state index contributed by atoms with van der Waals surface area (Å²) in [6.07, 6.45) is 3.93. The van der Waals surface area contributed by atoms with Gasteiger partial charge in [-0.25, -0.2) is 4.99 Å². The van der Waals surface area contributed by atoms with Crippen molar-refractivity contribution in [2.45, 2.75) is 26.3 Å². The first-order valence-corrected chi connectivity index (χ1v) is 9.87. The van der Waals surface area contributed by atoms with Gasteiger partial charge in [0, 0.05) is 43.8 Å². The van der Waals surface area contributed by atoms with Crippen molar-refractivity contribution in [1.29, 1.82) is 0 Å². The Balaban J connectivity index is 0.00000280. The lowest BCUT2D eigenvalue weighted by molar-refractivity contribution is 0.0888. The van der Waals surface area contributed by atoms with E-state index in [0.29, 0.717) is 12.5 Å². The molecule has 0 radical (unpaired) electrons. The molecule has 1 saturated heterocycles. The fraction of sp³-hybridized carbons (Fsp3) is 0.524. The average molecular weight is 498 g/mol. The van der Waals surface area contributed by atoms with E-state index in [0.717, 1.165) is 69.2 Å². The van der Waals surface area contributed by atoms with Gasteiger partial charge in [-0.3, -0.25) is 4.98 Å². The van der Waals surface area contributed by atoms with Crippen molar-refractivity contribution in [1.82, 2.24) is 15.6 Å². The second kappa shape index (κ2) is 12.9. The average Bonchev–Trinajstić information content (AvgIpc) is 3.22. The van der Waals surface area contributed by atoms with E-state index in [1.165, 1.54) is 5.56 Å². The molecule has 154 valence electrons. The summed E-state index contributed by atoms with van der Waals surface area (Å²) >= 11 is 0. The molecule has 28 heavy (non-hydrogen) atoms. The molecule has 0 amide bonds. The van der Waals surface area contributed by atoms with Gasteiger partial charge in [0.15, 0.2) is 5.96 Å². The van der Waals surface area contributed by atoms with Crippen molar-refractivity contribution in [2.75, 3.05) is 39.5 Å². The standard InChI is InChI=1S/C21H30N4O2.HI/c1-2-22-21(24-10-5-12-26-15-17-9-13-27-16-17)25-14-18-8-11-23-20-7-4-3-6-19(18)20;/h3-4,6-8,11,17H,2,5,9-10,12-16H2,1H3,(H2,22,24,25);1H. The van der Waals surface area contributed by atoms with Crippen LogP contribution >= 0.6 is 24.0 Å². The topological polar surface area (TPSA) is 67.8 Å². The predicted molar refractivity (Wildman–Crippen MR) is 124 cm³/mol. The van der Waals surface area contributed by atoms with Crippen LogP contribution in [0.3, 0.4) is 0 Å². The Morgan fingerprint density at radius 3 is 3.00 bits per heavy atom. The van der Waals surface area contributed by atoms with Gasteiger partial charge in [0.2, 0.25) is 0 Å². The van der Waals surface area contributed by atoms with Gasteiger partial charge < -0.3 is 20.1 Å². The van der Waals surface area contributed by atoms with Crippen molar-refractivity contribution < 1.29 is 9.47 Å². The minimum Gasteiger partial charge on any atom is -0.381 e. The van der Waals surface area contributed by atoms with E-state index in [-0.39, 0.29) is 24.0 Å². The van der Waals surface area contributed by atoms with E-state index in [9.17, 15) is 0 Å². The summed E-state index contributed by atoms with van der Waals surface area (Å²) in [7, 11) is 0. The van der Waals surface area contributed by atoms with Crippen molar-refractivity contribution in [2.24, 2.45) is 10.9 Å². The number of rotatable bonds is 9. The third kappa shape index (κ3) is 7.18. The van der Waals surface area contributed by atoms with Gasteiger partial charge in [-0.1, -0.05) is 18.2 Å². The first kappa shape index (κ1) is 22.8. The quantitative estimate of drug-likeness (QED) is 0.240. The van der Waals surface area contributed by atoms with Gasteiger partial charge in [-0.15, -0.1) is 24.0 Å². The van der Waals surface area contributed by atoms with Gasteiger partial charge in [-0.2, -0.15) is 0 Å². The van der Waals surface area contributed by atoms with Crippen LogP contribution in [0.5, 0.6) is 0 Å². The van der Waals surface area contributed by atoms with Gasteiger partial charge in [0.1, 0.15) is 0 Å². The Labute approximate surface area is 184 Å². The number of hydrogen-bond acceptors (Lipinski definition) is 4. The number of guanidine groups is 1. The van der Waals surface area contributed by atoms with Crippen molar-refractivity contribution in [3.63, 3.8) is 0 Å². The highest BCUT2D eigenvalue weighted by Crippen LogP contribution is 2.16. The highest BCUT2D eigenvalue weighted by molar-refractivity contribution is 14.0. The van der Waals surface area contributed by atoms with E-state index < -0.39 is 0 Å². The maximum atomic E-state index is 5.75. The van der Waals surface area contributed by atoms with Crippen LogP contribution in [0.15, 0.2) is 41.5 Å². The SMILES string of the molecule is CCNC(=NCc1ccnc2ccccc12)NCCCOCC1CCOC1.I. The molecule has 1 aromatic heterocycles. The lowest BCUT2D eigenvalue weighted by atomic mass is 10.1. The molecule has 0 saturated carbocycles. The molecule has 0 spiro atoms. The lowest BCUT2D eigenvalue weighted by Crippen LogP contribution is -2.38. The van der Waals surface area contributed by atoms with Gasteiger partial charge in [0.05, 0.1) is 25.3 Å². The van der Waals surface area contributed by atoms with Crippen LogP contribution in [0.2, 0.25) is 0 Å². The molecule has 0 aliphatic carbocycles. The molecule has 0 bridgehead atoms. The summed E-state index contributed by atoms with van der Waals surface area (Å²) in [5.74, 6) is 1.41. The molecule has 2 aromatic rings. The summed E-state index contributed by atoms with van der Waals surface area (Å²) in [6, 6.07) is 10.2. The highest BCUT2D eigenvalue weighted by Gasteiger charge is 2.15. The van der Waals surface area contributed by atoms with Crippen molar-refractivity contribution >= 4 is 40.8 Å². The second-order valence-electron chi connectivity index (χ2n) is 6.77. The van der Waals surface area contributed by atoms with E-state index >= 15 is 0 Å². The number of halogens is 1. The largest absolute Gasteiger partial charge is 0.381 e. The highest BCUT2D eigenvalue weighted by atomic mass is 127.